The first-order valence-corrected chi connectivity index (χ1v) is 10.2. The molecule has 2 nitrogen and oxygen atoms in total. The van der Waals surface area contributed by atoms with Gasteiger partial charge in [0.25, 0.3) is 0 Å². The summed E-state index contributed by atoms with van der Waals surface area (Å²) >= 11 is 3.78. The Balaban J connectivity index is 1.97. The molecule has 4 atom stereocenters. The zero-order valence-corrected chi connectivity index (χ0v) is 16.8. The fraction of sp³-hybridized carbons (Fsp3) is 0.850. The summed E-state index contributed by atoms with van der Waals surface area (Å²) in [7, 11) is 0. The van der Waals surface area contributed by atoms with Crippen LogP contribution in [0.2, 0.25) is 0 Å². The van der Waals surface area contributed by atoms with Crippen molar-refractivity contribution in [2.24, 2.45) is 17.3 Å². The average Bonchev–Trinajstić information content (AvgIpc) is 2.56. The Morgan fingerprint density at radius 1 is 1.17 bits per heavy atom. The van der Waals surface area contributed by atoms with Crippen LogP contribution in [0.1, 0.15) is 66.2 Å². The second kappa shape index (κ2) is 6.29. The lowest BCUT2D eigenvalue weighted by molar-refractivity contribution is -0.148. The Hall–Kier alpha value is -0.150. The van der Waals surface area contributed by atoms with Crippen LogP contribution >= 0.6 is 15.9 Å². The number of carbonyl (C=O) groups excluding carboxylic acids is 1. The molecule has 0 spiro atoms. The Kier molecular flexibility index (Phi) is 4.83. The van der Waals surface area contributed by atoms with Crippen molar-refractivity contribution < 1.29 is 4.79 Å². The molecule has 0 aromatic carbocycles. The maximum Gasteiger partial charge on any atom is 0.154 e. The molecule has 1 saturated carbocycles. The predicted molar refractivity (Wildman–Crippen MR) is 99.9 cm³/mol. The van der Waals surface area contributed by atoms with E-state index in [1.807, 2.05) is 0 Å². The molecule has 3 heteroatoms. The van der Waals surface area contributed by atoms with Gasteiger partial charge in [0.05, 0.1) is 4.32 Å². The number of carbonyl (C=O) groups is 1. The molecule has 0 N–H and O–H groups in total. The number of likely N-dealkylation sites (tertiary alicyclic amines) is 1. The SMILES string of the molecule is C/C1=C\CC(C)(C)[C@@H](N2CCCCC2)C2C(=O)[C@](C)(Br)[C@H]2CC1. The number of nitrogens with zero attached hydrogens (tertiary/aromatic N) is 1. The van der Waals surface area contributed by atoms with E-state index >= 15 is 0 Å². The second-order valence-electron chi connectivity index (χ2n) is 8.90. The molecule has 0 radical (unpaired) electrons. The van der Waals surface area contributed by atoms with E-state index in [1.54, 1.807) is 0 Å². The summed E-state index contributed by atoms with van der Waals surface area (Å²) in [4.78, 5) is 15.7. The molecule has 1 heterocycles. The van der Waals surface area contributed by atoms with Crippen LogP contribution in [0.3, 0.4) is 0 Å². The van der Waals surface area contributed by atoms with Crippen LogP contribution in [0, 0.1) is 17.3 Å². The van der Waals surface area contributed by atoms with Crippen molar-refractivity contribution in [3.8, 4) is 0 Å². The van der Waals surface area contributed by atoms with Crippen LogP contribution in [0.25, 0.3) is 0 Å². The number of ketones is 1. The normalized spacial score (nSPS) is 44.1. The highest BCUT2D eigenvalue weighted by Gasteiger charge is 2.62. The molecule has 0 aromatic rings. The number of hydrogen-bond acceptors (Lipinski definition) is 2. The van der Waals surface area contributed by atoms with Gasteiger partial charge >= 0.3 is 0 Å². The Morgan fingerprint density at radius 3 is 2.48 bits per heavy atom. The minimum Gasteiger partial charge on any atom is -0.299 e. The van der Waals surface area contributed by atoms with Crippen molar-refractivity contribution >= 4 is 21.7 Å². The van der Waals surface area contributed by atoms with Crippen molar-refractivity contribution in [1.29, 1.82) is 0 Å². The quantitative estimate of drug-likeness (QED) is 0.472. The summed E-state index contributed by atoms with van der Waals surface area (Å²) < 4.78 is -0.299. The van der Waals surface area contributed by atoms with Gasteiger partial charge in [0.15, 0.2) is 5.78 Å². The highest BCUT2D eigenvalue weighted by atomic mass is 79.9. The molecule has 130 valence electrons. The van der Waals surface area contributed by atoms with E-state index < -0.39 is 0 Å². The number of Topliss-reactive ketones (excluding diaryl/α,β-unsaturated/α-hetero) is 1. The molecule has 0 aromatic heterocycles. The van der Waals surface area contributed by atoms with E-state index in [1.165, 1.54) is 37.9 Å². The van der Waals surface area contributed by atoms with E-state index in [0.717, 1.165) is 19.3 Å². The standard InChI is InChI=1S/C20H32BrNO/c1-14-8-9-15-16(18(23)20(15,4)21)17(19(2,3)11-10-14)22-12-6-5-7-13-22/h10,15-17H,5-9,11-13H2,1-4H3/b14-10+/t15-,16?,17-,20+/m0/s1. The van der Waals surface area contributed by atoms with E-state index in [9.17, 15) is 4.79 Å². The van der Waals surface area contributed by atoms with Crippen molar-refractivity contribution in [1.82, 2.24) is 4.90 Å². The van der Waals surface area contributed by atoms with Gasteiger partial charge in [-0.2, -0.15) is 0 Å². The lowest BCUT2D eigenvalue weighted by atomic mass is 9.55. The molecular weight excluding hydrogens is 350 g/mol. The van der Waals surface area contributed by atoms with Gasteiger partial charge in [-0.15, -0.1) is 0 Å². The Bertz CT molecular complexity index is 502. The first-order chi connectivity index (χ1) is 10.7. The summed E-state index contributed by atoms with van der Waals surface area (Å²) in [6, 6.07) is 0.396. The van der Waals surface area contributed by atoms with Gasteiger partial charge in [0.2, 0.25) is 0 Å². The van der Waals surface area contributed by atoms with Crippen LogP contribution in [-0.4, -0.2) is 34.1 Å². The van der Waals surface area contributed by atoms with E-state index in [2.05, 4.69) is 54.6 Å². The van der Waals surface area contributed by atoms with Crippen LogP contribution in [0.15, 0.2) is 11.6 Å². The third-order valence-electron chi connectivity index (χ3n) is 6.67. The van der Waals surface area contributed by atoms with Gasteiger partial charge in [0.1, 0.15) is 0 Å². The monoisotopic (exact) mass is 381 g/mol. The molecule has 2 aliphatic carbocycles. The minimum atomic E-state index is -0.299. The first-order valence-electron chi connectivity index (χ1n) is 9.38. The maximum absolute atomic E-state index is 13.0. The molecule has 0 bridgehead atoms. The fourth-order valence-electron chi connectivity index (χ4n) is 5.19. The van der Waals surface area contributed by atoms with Gasteiger partial charge in [-0.3, -0.25) is 9.69 Å². The average molecular weight is 382 g/mol. The molecule has 1 saturated heterocycles. The number of piperidine rings is 1. The van der Waals surface area contributed by atoms with Crippen molar-refractivity contribution in [3.63, 3.8) is 0 Å². The number of fused-ring (bicyclic) bond motifs is 1. The molecule has 3 rings (SSSR count). The van der Waals surface area contributed by atoms with E-state index in [4.69, 9.17) is 0 Å². The third kappa shape index (κ3) is 3.08. The zero-order valence-electron chi connectivity index (χ0n) is 15.2. The minimum absolute atomic E-state index is 0.158. The van der Waals surface area contributed by atoms with E-state index in [0.29, 0.717) is 17.7 Å². The molecule has 1 aliphatic heterocycles. The fourth-order valence-corrected chi connectivity index (χ4v) is 5.97. The summed E-state index contributed by atoms with van der Waals surface area (Å²) in [6.07, 6.45) is 9.74. The van der Waals surface area contributed by atoms with E-state index in [-0.39, 0.29) is 15.7 Å². The van der Waals surface area contributed by atoms with Gasteiger partial charge in [-0.25, -0.2) is 0 Å². The summed E-state index contributed by atoms with van der Waals surface area (Å²) in [6.45, 7) is 11.5. The second-order valence-corrected chi connectivity index (χ2v) is 10.5. The Labute approximate surface area is 150 Å². The summed E-state index contributed by atoms with van der Waals surface area (Å²) in [5.74, 6) is 1.14. The molecule has 2 fully saturated rings. The van der Waals surface area contributed by atoms with Crippen molar-refractivity contribution in [3.05, 3.63) is 11.6 Å². The van der Waals surface area contributed by atoms with Crippen LogP contribution < -0.4 is 0 Å². The van der Waals surface area contributed by atoms with Gasteiger partial charge in [-0.1, -0.05) is 47.8 Å². The van der Waals surface area contributed by atoms with Crippen LogP contribution in [-0.2, 0) is 4.79 Å². The van der Waals surface area contributed by atoms with Crippen molar-refractivity contribution in [2.45, 2.75) is 76.6 Å². The third-order valence-corrected chi connectivity index (χ3v) is 7.64. The first kappa shape index (κ1) is 17.7. The number of halogens is 1. The lowest BCUT2D eigenvalue weighted by Gasteiger charge is -2.57. The van der Waals surface area contributed by atoms with Crippen LogP contribution in [0.4, 0.5) is 0 Å². The van der Waals surface area contributed by atoms with Crippen LogP contribution in [0.5, 0.6) is 0 Å². The highest BCUT2D eigenvalue weighted by Crippen LogP contribution is 2.55. The molecule has 23 heavy (non-hydrogen) atoms. The van der Waals surface area contributed by atoms with Crippen molar-refractivity contribution in [2.75, 3.05) is 13.1 Å². The van der Waals surface area contributed by atoms with Gasteiger partial charge in [-0.05, 0) is 70.4 Å². The van der Waals surface area contributed by atoms with Gasteiger partial charge in [0, 0.05) is 12.0 Å². The number of hydrogen-bond donors (Lipinski definition) is 0. The number of alkyl halides is 1. The summed E-state index contributed by atoms with van der Waals surface area (Å²) in [5.41, 5.74) is 1.66. The molecule has 0 amide bonds. The number of rotatable bonds is 1. The van der Waals surface area contributed by atoms with Gasteiger partial charge < -0.3 is 0 Å². The Morgan fingerprint density at radius 2 is 1.83 bits per heavy atom. The summed E-state index contributed by atoms with van der Waals surface area (Å²) in [5, 5.41) is 0. The maximum atomic E-state index is 13.0. The smallest absolute Gasteiger partial charge is 0.154 e. The molecule has 1 unspecified atom stereocenters. The predicted octanol–water partition coefficient (Wildman–Crippen LogP) is 4.97. The molecule has 3 aliphatic rings. The topological polar surface area (TPSA) is 20.3 Å². The highest BCUT2D eigenvalue weighted by molar-refractivity contribution is 9.10. The lowest BCUT2D eigenvalue weighted by Crippen LogP contribution is -2.67. The zero-order chi connectivity index (χ0) is 16.8. The molecular formula is C20H32BrNO. The number of allylic oxidation sites excluding steroid dienone is 2. The largest absolute Gasteiger partial charge is 0.299 e.